The number of methoxy groups -OCH3 is 1. The van der Waals surface area contributed by atoms with E-state index < -0.39 is 19.8 Å². The van der Waals surface area contributed by atoms with Gasteiger partial charge in [-0.25, -0.2) is 8.42 Å². The monoisotopic (exact) mass is 381 g/mol. The van der Waals surface area contributed by atoms with Crippen LogP contribution in [0.15, 0.2) is 53.4 Å². The van der Waals surface area contributed by atoms with E-state index in [1.54, 1.807) is 0 Å². The lowest BCUT2D eigenvalue weighted by Crippen LogP contribution is -1.96. The summed E-state index contributed by atoms with van der Waals surface area (Å²) in [6.45, 7) is 0. The summed E-state index contributed by atoms with van der Waals surface area (Å²) in [4.78, 5) is 22.1. The number of benzene rings is 2. The molecule has 0 aliphatic heterocycles. The summed E-state index contributed by atoms with van der Waals surface area (Å²) in [6, 6.07) is 9.11. The number of nitro groups is 1. The Morgan fingerprint density at radius 2 is 1.84 bits per heavy atom. The van der Waals surface area contributed by atoms with E-state index in [0.717, 1.165) is 0 Å². The van der Waals surface area contributed by atoms with Crippen molar-refractivity contribution in [3.05, 3.63) is 69.8 Å². The van der Waals surface area contributed by atoms with E-state index in [1.165, 1.54) is 61.7 Å². The van der Waals surface area contributed by atoms with Crippen LogP contribution in [0, 0.1) is 10.1 Å². The molecule has 0 bridgehead atoms. The normalized spacial score (nSPS) is 11.4. The molecule has 0 fully saturated rings. The largest absolute Gasteiger partial charge is 0.496 e. The predicted octanol–water partition coefficient (Wildman–Crippen LogP) is 3.43. The highest BCUT2D eigenvalue weighted by molar-refractivity contribution is 8.13. The molecule has 0 aliphatic carbocycles. The van der Waals surface area contributed by atoms with E-state index in [1.807, 2.05) is 0 Å². The Bertz CT molecular complexity index is 951. The molecule has 0 radical (unpaired) electrons. The van der Waals surface area contributed by atoms with Gasteiger partial charge in [0.15, 0.2) is 5.78 Å². The van der Waals surface area contributed by atoms with Crippen LogP contribution in [0.1, 0.15) is 15.9 Å². The van der Waals surface area contributed by atoms with Crippen LogP contribution >= 0.6 is 10.7 Å². The molecular formula is C16H12ClNO6S. The van der Waals surface area contributed by atoms with Gasteiger partial charge in [0.05, 0.1) is 16.9 Å². The van der Waals surface area contributed by atoms with Crippen molar-refractivity contribution in [2.45, 2.75) is 4.90 Å². The lowest BCUT2D eigenvalue weighted by molar-refractivity contribution is -0.384. The molecule has 7 nitrogen and oxygen atoms in total. The second-order valence-electron chi connectivity index (χ2n) is 4.84. The zero-order chi connectivity index (χ0) is 18.6. The van der Waals surface area contributed by atoms with Gasteiger partial charge in [-0.2, -0.15) is 0 Å². The molecule has 0 heterocycles. The molecule has 2 rings (SSSR count). The van der Waals surface area contributed by atoms with E-state index in [2.05, 4.69) is 0 Å². The standard InChI is InChI=1S/C16H12ClNO6S/c1-24-16-9-7-14(25(17,22)23)10-12(16)4-8-15(19)11-2-5-13(6-3-11)18(20)21/h2-10H,1H3. The van der Waals surface area contributed by atoms with Gasteiger partial charge in [0.2, 0.25) is 0 Å². The second kappa shape index (κ2) is 7.45. The quantitative estimate of drug-likeness (QED) is 0.249. The van der Waals surface area contributed by atoms with Gasteiger partial charge in [0.25, 0.3) is 14.7 Å². The zero-order valence-corrected chi connectivity index (χ0v) is 14.5. The molecule has 0 spiro atoms. The van der Waals surface area contributed by atoms with Crippen molar-refractivity contribution in [3.8, 4) is 5.75 Å². The van der Waals surface area contributed by atoms with Crippen LogP contribution in [0.5, 0.6) is 5.75 Å². The van der Waals surface area contributed by atoms with E-state index in [0.29, 0.717) is 11.3 Å². The SMILES string of the molecule is COc1ccc(S(=O)(=O)Cl)cc1C=CC(=O)c1ccc([N+](=O)[O-])cc1. The number of non-ortho nitro benzene ring substituents is 1. The highest BCUT2D eigenvalue weighted by atomic mass is 35.7. The van der Waals surface area contributed by atoms with Gasteiger partial charge in [-0.1, -0.05) is 0 Å². The maximum absolute atomic E-state index is 12.1. The van der Waals surface area contributed by atoms with Crippen LogP contribution in [0.4, 0.5) is 5.69 Å². The Kier molecular flexibility index (Phi) is 5.55. The van der Waals surface area contributed by atoms with Crippen molar-refractivity contribution in [1.29, 1.82) is 0 Å². The minimum atomic E-state index is -3.92. The fourth-order valence-electron chi connectivity index (χ4n) is 2.00. The zero-order valence-electron chi connectivity index (χ0n) is 12.9. The molecule has 0 aromatic heterocycles. The van der Waals surface area contributed by atoms with Crippen LogP contribution in [0.25, 0.3) is 6.08 Å². The lowest BCUT2D eigenvalue weighted by Gasteiger charge is -2.06. The summed E-state index contributed by atoms with van der Waals surface area (Å²) in [5.74, 6) is -0.0482. The molecule has 0 saturated heterocycles. The summed E-state index contributed by atoms with van der Waals surface area (Å²) < 4.78 is 27.9. The van der Waals surface area contributed by atoms with Gasteiger partial charge in [-0.15, -0.1) is 0 Å². The van der Waals surface area contributed by atoms with Gasteiger partial charge in [0, 0.05) is 33.9 Å². The molecule has 9 heteroatoms. The fourth-order valence-corrected chi connectivity index (χ4v) is 2.79. The number of carbonyl (C=O) groups is 1. The first kappa shape index (κ1) is 18.6. The van der Waals surface area contributed by atoms with Gasteiger partial charge < -0.3 is 4.74 Å². The summed E-state index contributed by atoms with van der Waals surface area (Å²) in [5.41, 5.74) is 0.476. The van der Waals surface area contributed by atoms with Crippen molar-refractivity contribution in [3.63, 3.8) is 0 Å². The smallest absolute Gasteiger partial charge is 0.269 e. The Morgan fingerprint density at radius 1 is 1.20 bits per heavy atom. The number of allylic oxidation sites excluding steroid dienone is 1. The highest BCUT2D eigenvalue weighted by Crippen LogP contribution is 2.25. The van der Waals surface area contributed by atoms with Crippen LogP contribution in [0.3, 0.4) is 0 Å². The van der Waals surface area contributed by atoms with Gasteiger partial charge in [-0.05, 0) is 42.5 Å². The molecule has 2 aromatic carbocycles. The van der Waals surface area contributed by atoms with Crippen LogP contribution in [0.2, 0.25) is 0 Å². The Labute approximate surface area is 148 Å². The molecule has 25 heavy (non-hydrogen) atoms. The molecule has 0 saturated carbocycles. The average molecular weight is 382 g/mol. The third-order valence-corrected chi connectivity index (χ3v) is 4.61. The minimum Gasteiger partial charge on any atom is -0.496 e. The van der Waals surface area contributed by atoms with Gasteiger partial charge >= 0.3 is 0 Å². The first-order chi connectivity index (χ1) is 11.7. The number of ketones is 1. The summed E-state index contributed by atoms with van der Waals surface area (Å²) in [7, 11) is 2.79. The maximum Gasteiger partial charge on any atom is 0.269 e. The first-order valence-corrected chi connectivity index (χ1v) is 9.13. The fraction of sp³-hybridized carbons (Fsp3) is 0.0625. The number of halogens is 1. The number of ether oxygens (including phenoxy) is 1. The third-order valence-electron chi connectivity index (χ3n) is 3.26. The maximum atomic E-state index is 12.1. The van der Waals surface area contributed by atoms with E-state index in [-0.39, 0.29) is 16.1 Å². The molecule has 0 unspecified atom stereocenters. The molecule has 0 aliphatic rings. The van der Waals surface area contributed by atoms with Crippen LogP contribution in [-0.2, 0) is 9.05 Å². The lowest BCUT2D eigenvalue weighted by atomic mass is 10.1. The number of rotatable bonds is 6. The van der Waals surface area contributed by atoms with Crippen molar-refractivity contribution >= 4 is 37.3 Å². The second-order valence-corrected chi connectivity index (χ2v) is 7.41. The van der Waals surface area contributed by atoms with E-state index in [9.17, 15) is 23.3 Å². The van der Waals surface area contributed by atoms with E-state index in [4.69, 9.17) is 15.4 Å². The third kappa shape index (κ3) is 4.65. The molecule has 2 aromatic rings. The Balaban J connectivity index is 2.31. The Hall–Kier alpha value is -2.71. The van der Waals surface area contributed by atoms with Gasteiger partial charge in [0.1, 0.15) is 5.75 Å². The van der Waals surface area contributed by atoms with Gasteiger partial charge in [-0.3, -0.25) is 14.9 Å². The average Bonchev–Trinajstić information content (AvgIpc) is 2.58. The summed E-state index contributed by atoms with van der Waals surface area (Å²) in [6.07, 6.45) is 2.60. The van der Waals surface area contributed by atoms with Crippen LogP contribution in [-0.4, -0.2) is 26.2 Å². The molecule has 0 atom stereocenters. The van der Waals surface area contributed by atoms with Crippen molar-refractivity contribution in [2.75, 3.05) is 7.11 Å². The van der Waals surface area contributed by atoms with Crippen molar-refractivity contribution in [2.24, 2.45) is 0 Å². The number of carbonyl (C=O) groups excluding carboxylic acids is 1. The Morgan fingerprint density at radius 3 is 2.36 bits per heavy atom. The van der Waals surface area contributed by atoms with Crippen LogP contribution < -0.4 is 4.74 Å². The molecule has 130 valence electrons. The summed E-state index contributed by atoms with van der Waals surface area (Å²) in [5, 5.41) is 10.6. The molecule has 0 N–H and O–H groups in total. The number of hydrogen-bond donors (Lipinski definition) is 0. The van der Waals surface area contributed by atoms with Crippen molar-refractivity contribution < 1.29 is 22.9 Å². The van der Waals surface area contributed by atoms with E-state index >= 15 is 0 Å². The number of nitro benzene ring substituents is 1. The first-order valence-electron chi connectivity index (χ1n) is 6.82. The predicted molar refractivity (Wildman–Crippen MR) is 92.5 cm³/mol. The molecule has 0 amide bonds. The number of nitrogens with zero attached hydrogens (tertiary/aromatic N) is 1. The number of hydrogen-bond acceptors (Lipinski definition) is 6. The minimum absolute atomic E-state index is 0.123. The topological polar surface area (TPSA) is 104 Å². The molecular weight excluding hydrogens is 370 g/mol. The highest BCUT2D eigenvalue weighted by Gasteiger charge is 2.13. The summed E-state index contributed by atoms with van der Waals surface area (Å²) >= 11 is 0. The van der Waals surface area contributed by atoms with Crippen molar-refractivity contribution in [1.82, 2.24) is 0 Å².